The molecular formula is C13H12ClFO2. The Labute approximate surface area is 104 Å². The normalized spacial score (nSPS) is 12.7. The average molecular weight is 255 g/mol. The maximum absolute atomic E-state index is 13.6. The van der Waals surface area contributed by atoms with Crippen molar-refractivity contribution in [1.29, 1.82) is 0 Å². The lowest BCUT2D eigenvalue weighted by atomic mass is 10.1. The zero-order chi connectivity index (χ0) is 12.4. The van der Waals surface area contributed by atoms with E-state index in [1.54, 1.807) is 31.2 Å². The second-order valence-corrected chi connectivity index (χ2v) is 4.29. The molecule has 17 heavy (non-hydrogen) atoms. The molecule has 0 aliphatic heterocycles. The molecule has 2 rings (SSSR count). The summed E-state index contributed by atoms with van der Waals surface area (Å²) in [7, 11) is 0. The van der Waals surface area contributed by atoms with E-state index in [-0.39, 0.29) is 11.4 Å². The number of furan rings is 1. The first-order chi connectivity index (χ1) is 8.08. The van der Waals surface area contributed by atoms with Crippen LogP contribution in [-0.2, 0) is 6.42 Å². The van der Waals surface area contributed by atoms with Crippen molar-refractivity contribution in [3.05, 3.63) is 58.3 Å². The number of rotatable bonds is 3. The molecule has 1 aromatic heterocycles. The molecule has 0 bridgehead atoms. The van der Waals surface area contributed by atoms with Crippen LogP contribution in [0.4, 0.5) is 4.39 Å². The van der Waals surface area contributed by atoms with Gasteiger partial charge in [0, 0.05) is 6.42 Å². The summed E-state index contributed by atoms with van der Waals surface area (Å²) in [6, 6.07) is 8.17. The first kappa shape index (κ1) is 12.1. The number of aryl methyl sites for hydroxylation is 1. The minimum atomic E-state index is -0.864. The predicted octanol–water partition coefficient (Wildman–Crippen LogP) is 3.66. The van der Waals surface area contributed by atoms with E-state index in [0.29, 0.717) is 17.1 Å². The molecule has 4 heteroatoms. The second kappa shape index (κ2) is 4.90. The highest BCUT2D eigenvalue weighted by Crippen LogP contribution is 2.24. The lowest BCUT2D eigenvalue weighted by Gasteiger charge is -2.09. The highest BCUT2D eigenvalue weighted by molar-refractivity contribution is 6.30. The van der Waals surface area contributed by atoms with Crippen LogP contribution in [0, 0.1) is 12.7 Å². The average Bonchev–Trinajstić information content (AvgIpc) is 2.72. The first-order valence-electron chi connectivity index (χ1n) is 5.25. The van der Waals surface area contributed by atoms with Crippen LogP contribution in [0.15, 0.2) is 34.7 Å². The van der Waals surface area contributed by atoms with Gasteiger partial charge in [-0.1, -0.05) is 23.7 Å². The largest absolute Gasteiger partial charge is 0.464 e. The Morgan fingerprint density at radius 1 is 1.35 bits per heavy atom. The molecule has 1 heterocycles. The molecule has 0 amide bonds. The third-order valence-electron chi connectivity index (χ3n) is 2.53. The molecule has 1 atom stereocenters. The zero-order valence-electron chi connectivity index (χ0n) is 9.28. The maximum atomic E-state index is 13.6. The molecule has 2 aromatic rings. The van der Waals surface area contributed by atoms with Crippen molar-refractivity contribution in [3.63, 3.8) is 0 Å². The molecule has 1 unspecified atom stereocenters. The zero-order valence-corrected chi connectivity index (χ0v) is 10.0. The molecule has 0 spiro atoms. The van der Waals surface area contributed by atoms with E-state index < -0.39 is 11.9 Å². The van der Waals surface area contributed by atoms with Crippen LogP contribution in [0.3, 0.4) is 0 Å². The first-order valence-corrected chi connectivity index (χ1v) is 5.63. The van der Waals surface area contributed by atoms with Crippen LogP contribution in [0.5, 0.6) is 0 Å². The lowest BCUT2D eigenvalue weighted by molar-refractivity contribution is 0.147. The molecule has 0 saturated carbocycles. The van der Waals surface area contributed by atoms with E-state index in [1.165, 1.54) is 6.07 Å². The summed E-state index contributed by atoms with van der Waals surface area (Å²) in [5.41, 5.74) is 0.374. The summed E-state index contributed by atoms with van der Waals surface area (Å²) in [5, 5.41) is 9.96. The van der Waals surface area contributed by atoms with Crippen molar-refractivity contribution < 1.29 is 13.9 Å². The highest BCUT2D eigenvalue weighted by Gasteiger charge is 2.15. The maximum Gasteiger partial charge on any atom is 0.145 e. The summed E-state index contributed by atoms with van der Waals surface area (Å²) < 4.78 is 18.9. The molecule has 0 radical (unpaired) electrons. The van der Waals surface area contributed by atoms with E-state index in [1.807, 2.05) is 0 Å². The summed E-state index contributed by atoms with van der Waals surface area (Å²) in [6.07, 6.45) is -0.726. The number of aliphatic hydroxyl groups is 1. The van der Waals surface area contributed by atoms with Crippen LogP contribution >= 0.6 is 11.6 Å². The van der Waals surface area contributed by atoms with Crippen molar-refractivity contribution in [2.45, 2.75) is 19.4 Å². The molecule has 1 N–H and O–H groups in total. The Kier molecular flexibility index (Phi) is 3.50. The van der Waals surface area contributed by atoms with Gasteiger partial charge in [0.1, 0.15) is 23.4 Å². The van der Waals surface area contributed by atoms with Crippen molar-refractivity contribution >= 4 is 11.6 Å². The summed E-state index contributed by atoms with van der Waals surface area (Å²) >= 11 is 5.67. The SMILES string of the molecule is Cc1ccc(C(O)Cc2cccc(Cl)c2F)o1. The smallest absolute Gasteiger partial charge is 0.145 e. The van der Waals surface area contributed by atoms with Crippen molar-refractivity contribution in [2.75, 3.05) is 0 Å². The van der Waals surface area contributed by atoms with Gasteiger partial charge in [0.2, 0.25) is 0 Å². The summed E-state index contributed by atoms with van der Waals surface area (Å²) in [4.78, 5) is 0. The number of hydrogen-bond donors (Lipinski definition) is 1. The van der Waals surface area contributed by atoms with Gasteiger partial charge in [-0.25, -0.2) is 4.39 Å². The van der Waals surface area contributed by atoms with Crippen molar-refractivity contribution in [1.82, 2.24) is 0 Å². The molecule has 0 saturated heterocycles. The Bertz CT molecular complexity index is 522. The molecule has 1 aromatic carbocycles. The molecule has 0 aliphatic rings. The second-order valence-electron chi connectivity index (χ2n) is 3.88. The third kappa shape index (κ3) is 2.68. The summed E-state index contributed by atoms with van der Waals surface area (Å²) in [5.74, 6) is 0.656. The van der Waals surface area contributed by atoms with Crippen LogP contribution in [-0.4, -0.2) is 5.11 Å². The van der Waals surface area contributed by atoms with Gasteiger partial charge in [-0.2, -0.15) is 0 Å². The fourth-order valence-corrected chi connectivity index (χ4v) is 1.84. The van der Waals surface area contributed by atoms with E-state index in [9.17, 15) is 9.50 Å². The van der Waals surface area contributed by atoms with Crippen LogP contribution < -0.4 is 0 Å². The third-order valence-corrected chi connectivity index (χ3v) is 2.83. The summed E-state index contributed by atoms with van der Waals surface area (Å²) in [6.45, 7) is 1.79. The van der Waals surface area contributed by atoms with Gasteiger partial charge < -0.3 is 9.52 Å². The molecule has 90 valence electrons. The van der Waals surface area contributed by atoms with Crippen molar-refractivity contribution in [3.8, 4) is 0 Å². The Morgan fingerprint density at radius 3 is 2.76 bits per heavy atom. The molecule has 2 nitrogen and oxygen atoms in total. The van der Waals surface area contributed by atoms with Crippen LogP contribution in [0.1, 0.15) is 23.2 Å². The van der Waals surface area contributed by atoms with Gasteiger partial charge >= 0.3 is 0 Å². The van der Waals surface area contributed by atoms with Crippen LogP contribution in [0.25, 0.3) is 0 Å². The Hall–Kier alpha value is -1.32. The van der Waals surface area contributed by atoms with Crippen molar-refractivity contribution in [2.24, 2.45) is 0 Å². The predicted molar refractivity (Wildman–Crippen MR) is 63.5 cm³/mol. The van der Waals surface area contributed by atoms with Gasteiger partial charge in [-0.05, 0) is 30.7 Å². The highest BCUT2D eigenvalue weighted by atomic mass is 35.5. The molecular weight excluding hydrogens is 243 g/mol. The topological polar surface area (TPSA) is 33.4 Å². The minimum Gasteiger partial charge on any atom is -0.464 e. The Morgan fingerprint density at radius 2 is 2.12 bits per heavy atom. The molecule has 0 fully saturated rings. The number of hydrogen-bond acceptors (Lipinski definition) is 2. The minimum absolute atomic E-state index is 0.0605. The number of benzene rings is 1. The quantitative estimate of drug-likeness (QED) is 0.907. The van der Waals surface area contributed by atoms with Gasteiger partial charge in [0.25, 0.3) is 0 Å². The standard InChI is InChI=1S/C13H12ClFO2/c1-8-5-6-12(17-8)11(16)7-9-3-2-4-10(14)13(9)15/h2-6,11,16H,7H2,1H3. The fourth-order valence-electron chi connectivity index (χ4n) is 1.65. The lowest BCUT2D eigenvalue weighted by Crippen LogP contribution is -2.02. The van der Waals surface area contributed by atoms with Gasteiger partial charge in [0.05, 0.1) is 5.02 Å². The van der Waals surface area contributed by atoms with Gasteiger partial charge in [0.15, 0.2) is 0 Å². The fraction of sp³-hybridized carbons (Fsp3) is 0.231. The van der Waals surface area contributed by atoms with Gasteiger partial charge in [-0.3, -0.25) is 0 Å². The van der Waals surface area contributed by atoms with Crippen LogP contribution in [0.2, 0.25) is 5.02 Å². The van der Waals surface area contributed by atoms with E-state index in [2.05, 4.69) is 0 Å². The monoisotopic (exact) mass is 254 g/mol. The van der Waals surface area contributed by atoms with Gasteiger partial charge in [-0.15, -0.1) is 0 Å². The van der Waals surface area contributed by atoms with E-state index in [0.717, 1.165) is 0 Å². The van der Waals surface area contributed by atoms with E-state index >= 15 is 0 Å². The molecule has 0 aliphatic carbocycles. The Balaban J connectivity index is 2.18. The number of halogens is 2. The van der Waals surface area contributed by atoms with E-state index in [4.69, 9.17) is 16.0 Å². The number of aliphatic hydroxyl groups excluding tert-OH is 1.